The van der Waals surface area contributed by atoms with E-state index in [0.29, 0.717) is 13.0 Å². The van der Waals surface area contributed by atoms with Crippen LogP contribution in [0.2, 0.25) is 0 Å². The summed E-state index contributed by atoms with van der Waals surface area (Å²) in [4.78, 5) is 11.2. The lowest BCUT2D eigenvalue weighted by atomic mass is 10.1. The average molecular weight is 267 g/mol. The van der Waals surface area contributed by atoms with Crippen molar-refractivity contribution < 1.29 is 19.4 Å². The summed E-state index contributed by atoms with van der Waals surface area (Å²) in [5, 5.41) is 11.4. The zero-order valence-electron chi connectivity index (χ0n) is 11.7. The highest BCUT2D eigenvalue weighted by molar-refractivity contribution is 5.75. The summed E-state index contributed by atoms with van der Waals surface area (Å²) in [5.74, 6) is 1.44. The van der Waals surface area contributed by atoms with Crippen molar-refractivity contribution in [1.82, 2.24) is 5.32 Å². The normalized spacial score (nSPS) is 10.1. The van der Waals surface area contributed by atoms with E-state index < -0.39 is 0 Å². The van der Waals surface area contributed by atoms with Crippen LogP contribution in [-0.4, -0.2) is 38.4 Å². The van der Waals surface area contributed by atoms with Crippen molar-refractivity contribution in [2.45, 2.75) is 19.8 Å². The second kappa shape index (κ2) is 7.63. The Morgan fingerprint density at radius 1 is 1.26 bits per heavy atom. The van der Waals surface area contributed by atoms with E-state index >= 15 is 0 Å². The SMILES string of the molecule is COc1cc(CCNC(=O)CCO)c(OC)cc1C. The molecule has 2 N–H and O–H groups in total. The second-order valence-electron chi connectivity index (χ2n) is 4.21. The van der Waals surface area contributed by atoms with Crippen LogP contribution < -0.4 is 14.8 Å². The Morgan fingerprint density at radius 2 is 1.95 bits per heavy atom. The smallest absolute Gasteiger partial charge is 0.222 e. The van der Waals surface area contributed by atoms with Crippen LogP contribution in [0.4, 0.5) is 0 Å². The summed E-state index contributed by atoms with van der Waals surface area (Å²) in [7, 11) is 3.25. The number of aliphatic hydroxyl groups excluding tert-OH is 1. The lowest BCUT2D eigenvalue weighted by molar-refractivity contribution is -0.121. The van der Waals surface area contributed by atoms with Gasteiger partial charge in [0, 0.05) is 13.0 Å². The molecule has 0 atom stereocenters. The van der Waals surface area contributed by atoms with Crippen molar-refractivity contribution in [3.05, 3.63) is 23.3 Å². The average Bonchev–Trinajstić information content (AvgIpc) is 2.40. The molecule has 0 aromatic heterocycles. The third kappa shape index (κ3) is 4.44. The maximum atomic E-state index is 11.2. The molecule has 1 rings (SSSR count). The molecule has 0 spiro atoms. The highest BCUT2D eigenvalue weighted by atomic mass is 16.5. The van der Waals surface area contributed by atoms with E-state index in [1.807, 2.05) is 19.1 Å². The lowest BCUT2D eigenvalue weighted by Crippen LogP contribution is -2.26. The van der Waals surface area contributed by atoms with Gasteiger partial charge in [0.2, 0.25) is 5.91 Å². The number of rotatable bonds is 7. The van der Waals surface area contributed by atoms with Crippen LogP contribution in [0.25, 0.3) is 0 Å². The van der Waals surface area contributed by atoms with Crippen LogP contribution in [0.5, 0.6) is 11.5 Å². The number of amides is 1. The van der Waals surface area contributed by atoms with Gasteiger partial charge in [-0.1, -0.05) is 0 Å². The summed E-state index contributed by atoms with van der Waals surface area (Å²) in [6.07, 6.45) is 0.783. The summed E-state index contributed by atoms with van der Waals surface area (Å²) >= 11 is 0. The van der Waals surface area contributed by atoms with Gasteiger partial charge in [-0.25, -0.2) is 0 Å². The predicted octanol–water partition coefficient (Wildman–Crippen LogP) is 1.05. The molecule has 1 aromatic rings. The summed E-state index contributed by atoms with van der Waals surface area (Å²) < 4.78 is 10.6. The maximum Gasteiger partial charge on any atom is 0.222 e. The first-order valence-corrected chi connectivity index (χ1v) is 6.21. The molecule has 0 unspecified atom stereocenters. The largest absolute Gasteiger partial charge is 0.496 e. The molecule has 5 nitrogen and oxygen atoms in total. The first-order chi connectivity index (χ1) is 9.12. The van der Waals surface area contributed by atoms with E-state index in [9.17, 15) is 4.79 Å². The van der Waals surface area contributed by atoms with Crippen LogP contribution in [0.15, 0.2) is 12.1 Å². The molecule has 19 heavy (non-hydrogen) atoms. The third-order valence-corrected chi connectivity index (χ3v) is 2.85. The number of hydrogen-bond donors (Lipinski definition) is 2. The molecule has 0 saturated heterocycles. The molecule has 0 saturated carbocycles. The van der Waals surface area contributed by atoms with Crippen LogP contribution in [0.3, 0.4) is 0 Å². The molecular formula is C14H21NO4. The summed E-state index contributed by atoms with van der Waals surface area (Å²) in [6.45, 7) is 2.32. The Hall–Kier alpha value is -1.75. The van der Waals surface area contributed by atoms with Crippen LogP contribution in [-0.2, 0) is 11.2 Å². The maximum absolute atomic E-state index is 11.2. The molecule has 0 aliphatic heterocycles. The monoisotopic (exact) mass is 267 g/mol. The van der Waals surface area contributed by atoms with Crippen LogP contribution in [0, 0.1) is 6.92 Å². The Balaban J connectivity index is 2.68. The molecule has 1 amide bonds. The number of nitrogens with one attached hydrogen (secondary N) is 1. The molecule has 0 aliphatic carbocycles. The molecule has 0 aliphatic rings. The predicted molar refractivity (Wildman–Crippen MR) is 72.7 cm³/mol. The van der Waals surface area contributed by atoms with Gasteiger partial charge in [0.05, 0.1) is 20.8 Å². The first-order valence-electron chi connectivity index (χ1n) is 6.21. The zero-order valence-corrected chi connectivity index (χ0v) is 11.7. The van der Waals surface area contributed by atoms with E-state index in [0.717, 1.165) is 22.6 Å². The minimum atomic E-state index is -0.152. The van der Waals surface area contributed by atoms with Crippen molar-refractivity contribution >= 4 is 5.91 Å². The molecule has 0 heterocycles. The standard InChI is InChI=1S/C14H21NO4/c1-10-8-13(19-3)11(9-12(10)18-2)4-6-15-14(17)5-7-16/h8-9,16H,4-7H2,1-3H3,(H,15,17). The number of carbonyl (C=O) groups excluding carboxylic acids is 1. The minimum absolute atomic E-state index is 0.131. The van der Waals surface area contributed by atoms with Crippen LogP contribution in [0.1, 0.15) is 17.5 Å². The quantitative estimate of drug-likeness (QED) is 0.775. The Morgan fingerprint density at radius 3 is 2.53 bits per heavy atom. The number of ether oxygens (including phenoxy) is 2. The number of methoxy groups -OCH3 is 2. The van der Waals surface area contributed by atoms with E-state index in [4.69, 9.17) is 14.6 Å². The van der Waals surface area contributed by atoms with Gasteiger partial charge in [0.1, 0.15) is 11.5 Å². The molecule has 0 fully saturated rings. The number of aliphatic hydroxyl groups is 1. The third-order valence-electron chi connectivity index (χ3n) is 2.85. The van der Waals surface area contributed by atoms with E-state index in [2.05, 4.69) is 5.32 Å². The fraction of sp³-hybridized carbons (Fsp3) is 0.500. The number of hydrogen-bond acceptors (Lipinski definition) is 4. The van der Waals surface area contributed by atoms with Gasteiger partial charge in [0.15, 0.2) is 0 Å². The molecule has 1 aromatic carbocycles. The highest BCUT2D eigenvalue weighted by Gasteiger charge is 2.09. The molecule has 5 heteroatoms. The van der Waals surface area contributed by atoms with Gasteiger partial charge in [-0.3, -0.25) is 4.79 Å². The van der Waals surface area contributed by atoms with Crippen molar-refractivity contribution in [3.63, 3.8) is 0 Å². The van der Waals surface area contributed by atoms with Crippen molar-refractivity contribution in [2.24, 2.45) is 0 Å². The Kier molecular flexibility index (Phi) is 6.15. The van der Waals surface area contributed by atoms with Gasteiger partial charge in [-0.15, -0.1) is 0 Å². The van der Waals surface area contributed by atoms with E-state index in [1.54, 1.807) is 14.2 Å². The minimum Gasteiger partial charge on any atom is -0.496 e. The van der Waals surface area contributed by atoms with Crippen molar-refractivity contribution in [2.75, 3.05) is 27.4 Å². The second-order valence-corrected chi connectivity index (χ2v) is 4.21. The Labute approximate surface area is 113 Å². The van der Waals surface area contributed by atoms with E-state index in [-0.39, 0.29) is 18.9 Å². The Bertz CT molecular complexity index is 432. The van der Waals surface area contributed by atoms with Crippen LogP contribution >= 0.6 is 0 Å². The van der Waals surface area contributed by atoms with Gasteiger partial charge in [-0.05, 0) is 36.6 Å². The molecule has 0 bridgehead atoms. The molecular weight excluding hydrogens is 246 g/mol. The van der Waals surface area contributed by atoms with Crippen molar-refractivity contribution in [1.29, 1.82) is 0 Å². The van der Waals surface area contributed by atoms with E-state index in [1.165, 1.54) is 0 Å². The van der Waals surface area contributed by atoms with Crippen molar-refractivity contribution in [3.8, 4) is 11.5 Å². The summed E-state index contributed by atoms with van der Waals surface area (Å²) in [6, 6.07) is 3.84. The zero-order chi connectivity index (χ0) is 14.3. The number of aryl methyl sites for hydroxylation is 1. The first kappa shape index (κ1) is 15.3. The topological polar surface area (TPSA) is 67.8 Å². The van der Waals surface area contributed by atoms with Gasteiger partial charge >= 0.3 is 0 Å². The summed E-state index contributed by atoms with van der Waals surface area (Å²) in [5.41, 5.74) is 1.99. The fourth-order valence-electron chi connectivity index (χ4n) is 1.84. The van der Waals surface area contributed by atoms with Gasteiger partial charge in [0.25, 0.3) is 0 Å². The fourth-order valence-corrected chi connectivity index (χ4v) is 1.84. The molecule has 0 radical (unpaired) electrons. The van der Waals surface area contributed by atoms with Gasteiger partial charge < -0.3 is 19.9 Å². The van der Waals surface area contributed by atoms with Gasteiger partial charge in [-0.2, -0.15) is 0 Å². The number of benzene rings is 1. The lowest BCUT2D eigenvalue weighted by Gasteiger charge is -2.13. The molecule has 106 valence electrons. The highest BCUT2D eigenvalue weighted by Crippen LogP contribution is 2.28. The number of carbonyl (C=O) groups is 1.